The lowest BCUT2D eigenvalue weighted by Crippen LogP contribution is -2.46. The molecule has 15 heavy (non-hydrogen) atoms. The van der Waals surface area contributed by atoms with Gasteiger partial charge in [-0.3, -0.25) is 0 Å². The Hall–Kier alpha value is -1.04. The Kier molecular flexibility index (Phi) is 1.83. The minimum atomic E-state index is -0.0268. The molecule has 0 radical (unpaired) electrons. The second-order valence-corrected chi connectivity index (χ2v) is 5.83. The molecule has 0 aromatic rings. The SMILES string of the molecule is N#[N+]/C=C(/O)C12CC3CC(CC(C3)C1)C2. The average molecular weight is 205 g/mol. The van der Waals surface area contributed by atoms with Gasteiger partial charge in [-0.15, -0.1) is 0 Å². The van der Waals surface area contributed by atoms with Gasteiger partial charge in [0.2, 0.25) is 5.39 Å². The van der Waals surface area contributed by atoms with Crippen molar-refractivity contribution in [2.45, 2.75) is 38.5 Å². The maximum Gasteiger partial charge on any atom is 0.387 e. The molecule has 3 nitrogen and oxygen atoms in total. The van der Waals surface area contributed by atoms with Crippen molar-refractivity contribution in [2.24, 2.45) is 23.2 Å². The van der Waals surface area contributed by atoms with Gasteiger partial charge in [-0.2, -0.15) is 0 Å². The van der Waals surface area contributed by atoms with Gasteiger partial charge in [0.05, 0.1) is 0 Å². The van der Waals surface area contributed by atoms with Gasteiger partial charge in [0.1, 0.15) is 0 Å². The highest BCUT2D eigenvalue weighted by molar-refractivity contribution is 5.16. The van der Waals surface area contributed by atoms with Crippen LogP contribution in [0.25, 0.3) is 4.98 Å². The van der Waals surface area contributed by atoms with E-state index < -0.39 is 0 Å². The summed E-state index contributed by atoms with van der Waals surface area (Å²) >= 11 is 0. The second-order valence-electron chi connectivity index (χ2n) is 5.83. The van der Waals surface area contributed by atoms with Gasteiger partial charge in [0.25, 0.3) is 0 Å². The second kappa shape index (κ2) is 2.98. The summed E-state index contributed by atoms with van der Waals surface area (Å²) in [6, 6.07) is 0. The first kappa shape index (κ1) is 9.21. The Balaban J connectivity index is 1.94. The standard InChI is InChI=1S/C12H16N2O/c13-14-7-11(15)12-4-8-1-9(5-12)3-10(2-8)6-12/h7-10H,1-6H2/p+1/b11-7+. The van der Waals surface area contributed by atoms with Gasteiger partial charge in [-0.25, -0.2) is 0 Å². The Morgan fingerprint density at radius 3 is 2.00 bits per heavy atom. The number of diazo groups is 1. The Bertz CT molecular complexity index is 318. The molecule has 3 heteroatoms. The molecule has 0 aliphatic heterocycles. The van der Waals surface area contributed by atoms with Crippen LogP contribution in [0.15, 0.2) is 12.0 Å². The van der Waals surface area contributed by atoms with Crippen LogP contribution in [0, 0.1) is 28.6 Å². The first-order valence-electron chi connectivity index (χ1n) is 5.96. The van der Waals surface area contributed by atoms with Gasteiger partial charge in [0.15, 0.2) is 10.7 Å². The zero-order chi connectivity index (χ0) is 10.5. The van der Waals surface area contributed by atoms with E-state index in [0.717, 1.165) is 37.0 Å². The predicted molar refractivity (Wildman–Crippen MR) is 56.4 cm³/mol. The molecule has 0 saturated heterocycles. The monoisotopic (exact) mass is 205 g/mol. The molecule has 4 fully saturated rings. The highest BCUT2D eigenvalue weighted by atomic mass is 16.3. The summed E-state index contributed by atoms with van der Waals surface area (Å²) in [6.45, 7) is 0. The van der Waals surface area contributed by atoms with Gasteiger partial charge in [-0.1, -0.05) is 0 Å². The molecule has 4 saturated carbocycles. The molecule has 0 unspecified atom stereocenters. The van der Waals surface area contributed by atoms with E-state index in [0.29, 0.717) is 5.76 Å². The molecule has 0 amide bonds. The number of allylic oxidation sites excluding steroid dienone is 1. The molecule has 0 aromatic carbocycles. The molecular formula is C12H17N2O+. The normalized spacial score (nSPS) is 47.9. The third-order valence-corrected chi connectivity index (χ3v) is 4.76. The number of hydrogen-bond acceptors (Lipinski definition) is 2. The van der Waals surface area contributed by atoms with E-state index in [4.69, 9.17) is 5.39 Å². The van der Waals surface area contributed by atoms with Crippen LogP contribution in [-0.2, 0) is 0 Å². The van der Waals surface area contributed by atoms with Crippen LogP contribution in [0.4, 0.5) is 0 Å². The van der Waals surface area contributed by atoms with Gasteiger partial charge < -0.3 is 5.11 Å². The van der Waals surface area contributed by atoms with Crippen molar-refractivity contribution in [3.05, 3.63) is 16.9 Å². The van der Waals surface area contributed by atoms with Gasteiger partial charge >= 0.3 is 6.20 Å². The highest BCUT2D eigenvalue weighted by Gasteiger charge is 2.53. The predicted octanol–water partition coefficient (Wildman–Crippen LogP) is 3.46. The van der Waals surface area contributed by atoms with Crippen LogP contribution in [0.5, 0.6) is 0 Å². The van der Waals surface area contributed by atoms with Crippen molar-refractivity contribution in [1.29, 1.82) is 5.39 Å². The zero-order valence-corrected chi connectivity index (χ0v) is 8.89. The van der Waals surface area contributed by atoms with Crippen molar-refractivity contribution >= 4 is 0 Å². The Morgan fingerprint density at radius 1 is 1.13 bits per heavy atom. The average Bonchev–Trinajstić information content (AvgIpc) is 2.15. The molecule has 0 aromatic heterocycles. The summed E-state index contributed by atoms with van der Waals surface area (Å²) in [6.07, 6.45) is 8.66. The highest BCUT2D eigenvalue weighted by Crippen LogP contribution is 2.62. The first-order chi connectivity index (χ1) is 7.22. The third-order valence-electron chi connectivity index (χ3n) is 4.76. The summed E-state index contributed by atoms with van der Waals surface area (Å²) in [5, 5.41) is 18.5. The minimum absolute atomic E-state index is 0.0268. The number of aliphatic hydroxyl groups excluding tert-OH is 1. The molecule has 80 valence electrons. The molecular weight excluding hydrogens is 188 g/mol. The van der Waals surface area contributed by atoms with E-state index in [2.05, 4.69) is 4.98 Å². The third kappa shape index (κ3) is 1.27. The Labute approximate surface area is 89.8 Å². The fraction of sp³-hybridized carbons (Fsp3) is 0.833. The van der Waals surface area contributed by atoms with Crippen molar-refractivity contribution in [3.8, 4) is 0 Å². The van der Waals surface area contributed by atoms with E-state index >= 15 is 0 Å². The molecule has 0 atom stereocenters. The van der Waals surface area contributed by atoms with Crippen LogP contribution >= 0.6 is 0 Å². The quantitative estimate of drug-likeness (QED) is 0.526. The van der Waals surface area contributed by atoms with E-state index in [1.54, 1.807) is 0 Å². The lowest BCUT2D eigenvalue weighted by atomic mass is 9.49. The first-order valence-corrected chi connectivity index (χ1v) is 5.96. The maximum absolute atomic E-state index is 10.0. The Morgan fingerprint density at radius 2 is 1.60 bits per heavy atom. The molecule has 0 heterocycles. The molecule has 4 rings (SSSR count). The van der Waals surface area contributed by atoms with Crippen molar-refractivity contribution in [3.63, 3.8) is 0 Å². The fourth-order valence-electron chi connectivity index (χ4n) is 4.62. The summed E-state index contributed by atoms with van der Waals surface area (Å²) in [5.41, 5.74) is -0.0268. The summed E-state index contributed by atoms with van der Waals surface area (Å²) in [7, 11) is 0. The van der Waals surface area contributed by atoms with E-state index in [1.165, 1.54) is 25.5 Å². The number of nitrogens with zero attached hydrogens (tertiary/aromatic N) is 2. The van der Waals surface area contributed by atoms with Crippen molar-refractivity contribution in [1.82, 2.24) is 0 Å². The summed E-state index contributed by atoms with van der Waals surface area (Å²) < 4.78 is 0. The molecule has 1 N–H and O–H groups in total. The molecule has 4 aliphatic rings. The largest absolute Gasteiger partial charge is 0.505 e. The smallest absolute Gasteiger partial charge is 0.387 e. The number of aliphatic hydroxyl groups is 1. The number of rotatable bonds is 1. The molecule has 4 aliphatic carbocycles. The molecule has 0 spiro atoms. The van der Waals surface area contributed by atoms with Crippen LogP contribution in [0.3, 0.4) is 0 Å². The van der Waals surface area contributed by atoms with Crippen LogP contribution in [0.2, 0.25) is 0 Å². The number of hydrogen-bond donors (Lipinski definition) is 1. The maximum atomic E-state index is 10.0. The van der Waals surface area contributed by atoms with Crippen LogP contribution in [-0.4, -0.2) is 5.11 Å². The fourth-order valence-corrected chi connectivity index (χ4v) is 4.62. The van der Waals surface area contributed by atoms with Crippen molar-refractivity contribution < 1.29 is 5.11 Å². The zero-order valence-electron chi connectivity index (χ0n) is 8.89. The topological polar surface area (TPSA) is 48.4 Å². The minimum Gasteiger partial charge on any atom is -0.505 e. The van der Waals surface area contributed by atoms with Gasteiger partial charge in [0, 0.05) is 5.41 Å². The van der Waals surface area contributed by atoms with E-state index in [-0.39, 0.29) is 5.41 Å². The summed E-state index contributed by atoms with van der Waals surface area (Å²) in [4.78, 5) is 2.98. The van der Waals surface area contributed by atoms with E-state index in [9.17, 15) is 5.11 Å². The van der Waals surface area contributed by atoms with Crippen LogP contribution < -0.4 is 0 Å². The molecule has 4 bridgehead atoms. The summed E-state index contributed by atoms with van der Waals surface area (Å²) in [5.74, 6) is 2.76. The van der Waals surface area contributed by atoms with Crippen LogP contribution in [0.1, 0.15) is 38.5 Å². The van der Waals surface area contributed by atoms with E-state index in [1.807, 2.05) is 0 Å². The lowest BCUT2D eigenvalue weighted by Gasteiger charge is -2.55. The van der Waals surface area contributed by atoms with Crippen molar-refractivity contribution in [2.75, 3.05) is 0 Å². The lowest BCUT2D eigenvalue weighted by molar-refractivity contribution is -0.0505. The van der Waals surface area contributed by atoms with Gasteiger partial charge in [-0.05, 0) is 56.3 Å².